The highest BCUT2D eigenvalue weighted by molar-refractivity contribution is 5.87. The first kappa shape index (κ1) is 17.3. The van der Waals surface area contributed by atoms with Gasteiger partial charge in [0.25, 0.3) is 0 Å². The second-order valence-electron chi connectivity index (χ2n) is 8.30. The van der Waals surface area contributed by atoms with Gasteiger partial charge in [0.1, 0.15) is 0 Å². The van der Waals surface area contributed by atoms with E-state index in [1.807, 2.05) is 4.90 Å². The Hall–Kier alpha value is -1.14. The van der Waals surface area contributed by atoms with Gasteiger partial charge in [-0.15, -0.1) is 0 Å². The van der Waals surface area contributed by atoms with E-state index >= 15 is 0 Å². The van der Waals surface area contributed by atoms with Gasteiger partial charge in [0.2, 0.25) is 11.8 Å². The van der Waals surface area contributed by atoms with Gasteiger partial charge in [-0.1, -0.05) is 0 Å². The molecule has 4 aliphatic heterocycles. The van der Waals surface area contributed by atoms with Gasteiger partial charge in [0.15, 0.2) is 0 Å². The van der Waals surface area contributed by atoms with Crippen molar-refractivity contribution in [3.05, 3.63) is 0 Å². The van der Waals surface area contributed by atoms with Crippen molar-refractivity contribution < 1.29 is 14.3 Å². The van der Waals surface area contributed by atoms with Crippen LogP contribution in [0.3, 0.4) is 0 Å². The molecule has 0 aliphatic carbocycles. The van der Waals surface area contributed by atoms with Crippen LogP contribution in [0.25, 0.3) is 0 Å². The molecule has 25 heavy (non-hydrogen) atoms. The Kier molecular flexibility index (Phi) is 5.00. The molecule has 140 valence electrons. The third-order valence-corrected chi connectivity index (χ3v) is 6.65. The first-order valence-corrected chi connectivity index (χ1v) is 10.1. The molecule has 6 nitrogen and oxygen atoms in total. The summed E-state index contributed by atoms with van der Waals surface area (Å²) in [5.74, 6) is 0.518. The van der Waals surface area contributed by atoms with E-state index < -0.39 is 0 Å². The Bertz CT molecular complexity index is 514. The van der Waals surface area contributed by atoms with Crippen molar-refractivity contribution in [2.45, 2.75) is 38.5 Å². The lowest BCUT2D eigenvalue weighted by molar-refractivity contribution is -0.145. The van der Waals surface area contributed by atoms with Crippen LogP contribution in [0.2, 0.25) is 0 Å². The summed E-state index contributed by atoms with van der Waals surface area (Å²) >= 11 is 0. The lowest BCUT2D eigenvalue weighted by Crippen LogP contribution is -2.51. The van der Waals surface area contributed by atoms with E-state index in [1.165, 1.54) is 25.9 Å². The fourth-order valence-corrected chi connectivity index (χ4v) is 5.06. The largest absolute Gasteiger partial charge is 0.381 e. The molecule has 0 aromatic carbocycles. The predicted molar refractivity (Wildman–Crippen MR) is 94.0 cm³/mol. The number of ether oxygens (including phenoxy) is 1. The van der Waals surface area contributed by atoms with Gasteiger partial charge in [-0.05, 0) is 51.6 Å². The molecule has 4 fully saturated rings. The molecule has 1 spiro atoms. The highest BCUT2D eigenvalue weighted by atomic mass is 16.5. The van der Waals surface area contributed by atoms with E-state index in [9.17, 15) is 9.59 Å². The summed E-state index contributed by atoms with van der Waals surface area (Å²) in [6.07, 6.45) is 6.22. The van der Waals surface area contributed by atoms with Crippen LogP contribution >= 0.6 is 0 Å². The fourth-order valence-electron chi connectivity index (χ4n) is 5.06. The summed E-state index contributed by atoms with van der Waals surface area (Å²) in [6.45, 7) is 7.75. The summed E-state index contributed by atoms with van der Waals surface area (Å²) in [7, 11) is 0. The number of hydrogen-bond donors (Lipinski definition) is 0. The van der Waals surface area contributed by atoms with Crippen molar-refractivity contribution in [3.63, 3.8) is 0 Å². The first-order chi connectivity index (χ1) is 12.2. The van der Waals surface area contributed by atoms with E-state index in [0.29, 0.717) is 25.7 Å². The van der Waals surface area contributed by atoms with Crippen LogP contribution in [0.1, 0.15) is 38.5 Å². The highest BCUT2D eigenvalue weighted by Crippen LogP contribution is 2.40. The number of piperidine rings is 1. The van der Waals surface area contributed by atoms with Gasteiger partial charge in [-0.25, -0.2) is 0 Å². The molecule has 0 unspecified atom stereocenters. The van der Waals surface area contributed by atoms with Crippen LogP contribution in [0.4, 0.5) is 0 Å². The molecule has 4 aliphatic rings. The fraction of sp³-hybridized carbons (Fsp3) is 0.895. The molecule has 0 saturated carbocycles. The molecule has 2 atom stereocenters. The number of likely N-dealkylation sites (tertiary alicyclic amines) is 3. The molecule has 0 bridgehead atoms. The maximum absolute atomic E-state index is 13.1. The number of hydrogen-bond acceptors (Lipinski definition) is 4. The molecule has 0 N–H and O–H groups in total. The molecule has 2 amide bonds. The lowest BCUT2D eigenvalue weighted by Gasteiger charge is -2.40. The van der Waals surface area contributed by atoms with E-state index in [2.05, 4.69) is 9.80 Å². The molecule has 6 heteroatoms. The maximum atomic E-state index is 13.1. The Morgan fingerprint density at radius 3 is 2.68 bits per heavy atom. The summed E-state index contributed by atoms with van der Waals surface area (Å²) < 4.78 is 5.38. The van der Waals surface area contributed by atoms with Crippen LogP contribution in [0, 0.1) is 11.3 Å². The van der Waals surface area contributed by atoms with Crippen molar-refractivity contribution >= 4 is 11.8 Å². The molecule has 4 heterocycles. The Morgan fingerprint density at radius 1 is 1.08 bits per heavy atom. The van der Waals surface area contributed by atoms with Gasteiger partial charge in [-0.2, -0.15) is 0 Å². The van der Waals surface area contributed by atoms with Gasteiger partial charge < -0.3 is 19.4 Å². The minimum Gasteiger partial charge on any atom is -0.381 e. The van der Waals surface area contributed by atoms with Gasteiger partial charge >= 0.3 is 0 Å². The molecule has 4 rings (SSSR count). The normalized spacial score (nSPS) is 33.8. The minimum absolute atomic E-state index is 0.0120. The van der Waals surface area contributed by atoms with Crippen LogP contribution in [0.5, 0.6) is 0 Å². The Morgan fingerprint density at radius 2 is 1.92 bits per heavy atom. The zero-order chi connectivity index (χ0) is 17.3. The van der Waals surface area contributed by atoms with Crippen LogP contribution in [0.15, 0.2) is 0 Å². The van der Waals surface area contributed by atoms with Crippen molar-refractivity contribution in [2.75, 3.05) is 59.0 Å². The zero-order valence-electron chi connectivity index (χ0n) is 15.3. The van der Waals surface area contributed by atoms with Crippen molar-refractivity contribution in [2.24, 2.45) is 11.3 Å². The average molecular weight is 349 g/mol. The third-order valence-electron chi connectivity index (χ3n) is 6.65. The number of amides is 2. The van der Waals surface area contributed by atoms with Crippen molar-refractivity contribution in [3.8, 4) is 0 Å². The number of carbonyl (C=O) groups is 2. The second kappa shape index (κ2) is 7.23. The molecular formula is C19H31N3O3. The molecular weight excluding hydrogens is 318 g/mol. The number of nitrogens with zero attached hydrogens (tertiary/aromatic N) is 3. The van der Waals surface area contributed by atoms with E-state index in [-0.39, 0.29) is 17.2 Å². The predicted octanol–water partition coefficient (Wildman–Crippen LogP) is 0.960. The van der Waals surface area contributed by atoms with E-state index in [1.54, 1.807) is 0 Å². The molecule has 4 saturated heterocycles. The van der Waals surface area contributed by atoms with E-state index in [0.717, 1.165) is 51.9 Å². The monoisotopic (exact) mass is 349 g/mol. The van der Waals surface area contributed by atoms with Crippen molar-refractivity contribution in [1.82, 2.24) is 14.7 Å². The molecule has 0 radical (unpaired) electrons. The van der Waals surface area contributed by atoms with Gasteiger partial charge in [0, 0.05) is 39.3 Å². The lowest BCUT2D eigenvalue weighted by atomic mass is 9.78. The van der Waals surface area contributed by atoms with Crippen LogP contribution < -0.4 is 0 Å². The Labute approximate surface area is 150 Å². The Balaban J connectivity index is 1.35. The van der Waals surface area contributed by atoms with E-state index in [4.69, 9.17) is 4.74 Å². The topological polar surface area (TPSA) is 53.1 Å². The smallest absolute Gasteiger partial charge is 0.230 e. The quantitative estimate of drug-likeness (QED) is 0.759. The maximum Gasteiger partial charge on any atom is 0.230 e. The summed E-state index contributed by atoms with van der Waals surface area (Å²) in [5.41, 5.74) is -0.307. The SMILES string of the molecule is O=C([C@@H]1CCOC1)N1CCC[C@]2(CCN(CCN3CCCC3)C2=O)C1. The highest BCUT2D eigenvalue weighted by Gasteiger charge is 2.50. The number of rotatable bonds is 4. The van der Waals surface area contributed by atoms with Crippen LogP contribution in [-0.4, -0.2) is 85.5 Å². The summed E-state index contributed by atoms with van der Waals surface area (Å²) in [5, 5.41) is 0. The summed E-state index contributed by atoms with van der Waals surface area (Å²) in [4.78, 5) is 32.4. The van der Waals surface area contributed by atoms with Crippen LogP contribution in [-0.2, 0) is 14.3 Å². The zero-order valence-corrected chi connectivity index (χ0v) is 15.3. The number of carbonyl (C=O) groups excluding carboxylic acids is 2. The van der Waals surface area contributed by atoms with Gasteiger partial charge in [0.05, 0.1) is 17.9 Å². The minimum atomic E-state index is -0.307. The second-order valence-corrected chi connectivity index (χ2v) is 8.30. The molecule has 0 aromatic heterocycles. The summed E-state index contributed by atoms with van der Waals surface area (Å²) in [6, 6.07) is 0. The molecule has 0 aromatic rings. The standard InChI is InChI=1S/C19H31N3O3/c23-17(16-4-13-25-14-16)22-9-3-5-19(15-22)6-10-21(18(19)24)12-11-20-7-1-2-8-20/h16H,1-15H2/t16-,19+/m1/s1. The average Bonchev–Trinajstić information content (AvgIpc) is 3.38. The third kappa shape index (κ3) is 3.43. The van der Waals surface area contributed by atoms with Gasteiger partial charge in [-0.3, -0.25) is 9.59 Å². The van der Waals surface area contributed by atoms with Crippen molar-refractivity contribution in [1.29, 1.82) is 0 Å². The first-order valence-electron chi connectivity index (χ1n) is 10.1.